The van der Waals surface area contributed by atoms with E-state index in [2.05, 4.69) is 142 Å². The molecule has 0 saturated heterocycles. The molecule has 1 aliphatic rings. The smallest absolute Gasteiger partial charge is 0.130 e. The summed E-state index contributed by atoms with van der Waals surface area (Å²) >= 11 is 0. The number of aromatic nitrogens is 3. The molecule has 1 aliphatic heterocycles. The molecule has 1 N–H and O–H groups in total. The van der Waals surface area contributed by atoms with Crippen molar-refractivity contribution in [3.8, 4) is 23.0 Å². The largest absolute Gasteiger partial charge is 0.507 e. The Hall–Kier alpha value is -6.51. The van der Waals surface area contributed by atoms with Crippen LogP contribution in [0.1, 0.15) is 167 Å². The lowest BCUT2D eigenvalue weighted by Gasteiger charge is -2.28. The molecular formula is C63H73N3O5. The van der Waals surface area contributed by atoms with Gasteiger partial charge in [-0.2, -0.15) is 0 Å². The molecule has 7 aromatic rings. The van der Waals surface area contributed by atoms with Crippen LogP contribution in [0.4, 0.5) is 0 Å². The Morgan fingerprint density at radius 3 is 1.00 bits per heavy atom. The molecule has 0 saturated carbocycles. The van der Waals surface area contributed by atoms with Crippen LogP contribution in [0.25, 0.3) is 0 Å². The molecule has 0 amide bonds. The fourth-order valence-corrected chi connectivity index (χ4v) is 9.10. The molecule has 0 unspecified atom stereocenters. The summed E-state index contributed by atoms with van der Waals surface area (Å²) < 4.78 is 28.0. The SMILES string of the molecule is CC(C)(C)c1cc2c(O)c(c1)Cc1cc(C(C)(C)C)cc(c1OCc1ccccn1)Cc1cc(C(C)(C)C)cc(c1OCc1ccccn1)Cc1cc(C(C)(C)C)cc(c1OCc1ccccn1)COC2. The van der Waals surface area contributed by atoms with Crippen LogP contribution in [0.5, 0.6) is 23.0 Å². The molecule has 0 aliphatic carbocycles. The number of phenolic OH excluding ortho intramolecular Hbond substituents is 1. The molecule has 8 rings (SSSR count). The number of phenols is 1. The molecular weight excluding hydrogens is 879 g/mol. The Morgan fingerprint density at radius 2 is 0.676 bits per heavy atom. The molecule has 0 fully saturated rings. The molecule has 3 aromatic heterocycles. The van der Waals surface area contributed by atoms with E-state index < -0.39 is 0 Å². The highest BCUT2D eigenvalue weighted by molar-refractivity contribution is 5.58. The van der Waals surface area contributed by atoms with Gasteiger partial charge in [-0.3, -0.25) is 15.0 Å². The molecule has 0 spiro atoms. The maximum absolute atomic E-state index is 12.4. The van der Waals surface area contributed by atoms with Crippen LogP contribution in [-0.4, -0.2) is 20.1 Å². The number of hydrogen-bond acceptors (Lipinski definition) is 8. The second-order valence-corrected chi connectivity index (χ2v) is 23.4. The summed E-state index contributed by atoms with van der Waals surface area (Å²) in [6, 6.07) is 35.8. The molecule has 4 aromatic carbocycles. The molecule has 0 radical (unpaired) electrons. The van der Waals surface area contributed by atoms with Gasteiger partial charge >= 0.3 is 0 Å². The third-order valence-electron chi connectivity index (χ3n) is 13.4. The zero-order chi connectivity index (χ0) is 50.7. The summed E-state index contributed by atoms with van der Waals surface area (Å²) in [7, 11) is 0. The summed E-state index contributed by atoms with van der Waals surface area (Å²) in [5, 5.41) is 12.4. The first-order valence-electron chi connectivity index (χ1n) is 25.1. The van der Waals surface area contributed by atoms with Crippen molar-refractivity contribution < 1.29 is 24.1 Å². The number of benzene rings is 4. The Balaban J connectivity index is 1.44. The first-order chi connectivity index (χ1) is 33.6. The van der Waals surface area contributed by atoms with Gasteiger partial charge in [0.05, 0.1) is 30.3 Å². The van der Waals surface area contributed by atoms with Crippen molar-refractivity contribution in [2.45, 2.75) is 157 Å². The molecule has 8 nitrogen and oxygen atoms in total. The molecule has 370 valence electrons. The number of ether oxygens (including phenoxy) is 4. The van der Waals surface area contributed by atoms with Gasteiger partial charge in [0.1, 0.15) is 42.8 Å². The van der Waals surface area contributed by atoms with Gasteiger partial charge in [-0.25, -0.2) is 0 Å². The van der Waals surface area contributed by atoms with Crippen LogP contribution in [-0.2, 0) is 78.7 Å². The van der Waals surface area contributed by atoms with Gasteiger partial charge in [0.2, 0.25) is 0 Å². The number of fused-ring (bicyclic) bond motifs is 8. The van der Waals surface area contributed by atoms with Gasteiger partial charge < -0.3 is 24.1 Å². The van der Waals surface area contributed by atoms with E-state index in [1.165, 1.54) is 11.1 Å². The normalized spacial score (nSPS) is 13.5. The third kappa shape index (κ3) is 12.5. The number of hydrogen-bond donors (Lipinski definition) is 1. The lowest BCUT2D eigenvalue weighted by Crippen LogP contribution is -2.17. The average Bonchev–Trinajstić information content (AvgIpc) is 3.31. The van der Waals surface area contributed by atoms with Crippen LogP contribution in [0.3, 0.4) is 0 Å². The monoisotopic (exact) mass is 952 g/mol. The minimum Gasteiger partial charge on any atom is -0.507 e. The van der Waals surface area contributed by atoms with Gasteiger partial charge in [-0.15, -0.1) is 0 Å². The van der Waals surface area contributed by atoms with Crippen molar-refractivity contribution in [3.63, 3.8) is 0 Å². The van der Waals surface area contributed by atoms with Gasteiger partial charge in [0.15, 0.2) is 0 Å². The first-order valence-corrected chi connectivity index (χ1v) is 25.1. The summed E-state index contributed by atoms with van der Waals surface area (Å²) in [5.74, 6) is 2.55. The van der Waals surface area contributed by atoms with Gasteiger partial charge in [-0.05, 0) is 126 Å². The molecule has 8 bridgehead atoms. The van der Waals surface area contributed by atoms with E-state index >= 15 is 0 Å². The van der Waals surface area contributed by atoms with E-state index in [9.17, 15) is 5.11 Å². The highest BCUT2D eigenvalue weighted by Crippen LogP contribution is 2.43. The summed E-state index contributed by atoms with van der Waals surface area (Å²) in [6.07, 6.45) is 6.86. The van der Waals surface area contributed by atoms with Crippen molar-refractivity contribution >= 4 is 0 Å². The van der Waals surface area contributed by atoms with Gasteiger partial charge in [-0.1, -0.05) is 138 Å². The average molecular weight is 952 g/mol. The van der Waals surface area contributed by atoms with E-state index in [1.54, 1.807) is 12.4 Å². The second kappa shape index (κ2) is 20.7. The van der Waals surface area contributed by atoms with Crippen LogP contribution in [0.2, 0.25) is 0 Å². The summed E-state index contributed by atoms with van der Waals surface area (Å²) in [6.45, 7) is 28.2. The number of nitrogens with zero attached hydrogens (tertiary/aromatic N) is 3. The number of pyridine rings is 3. The third-order valence-corrected chi connectivity index (χ3v) is 13.4. The van der Waals surface area contributed by atoms with E-state index in [4.69, 9.17) is 23.9 Å². The van der Waals surface area contributed by atoms with Crippen LogP contribution in [0.15, 0.2) is 122 Å². The lowest BCUT2D eigenvalue weighted by molar-refractivity contribution is 0.102. The predicted molar refractivity (Wildman–Crippen MR) is 285 cm³/mol. The van der Waals surface area contributed by atoms with Crippen LogP contribution < -0.4 is 14.2 Å². The van der Waals surface area contributed by atoms with Crippen molar-refractivity contribution in [3.05, 3.63) is 206 Å². The zero-order valence-electron chi connectivity index (χ0n) is 44.1. The minimum atomic E-state index is -0.216. The molecule has 4 heterocycles. The second-order valence-electron chi connectivity index (χ2n) is 23.4. The number of aromatic hydroxyl groups is 1. The highest BCUT2D eigenvalue weighted by atomic mass is 16.5. The Morgan fingerprint density at radius 1 is 0.394 bits per heavy atom. The quantitative estimate of drug-likeness (QED) is 0.153. The van der Waals surface area contributed by atoms with Crippen LogP contribution in [0, 0.1) is 0 Å². The maximum atomic E-state index is 12.4. The fourth-order valence-electron chi connectivity index (χ4n) is 9.10. The van der Waals surface area contributed by atoms with E-state index in [0.717, 1.165) is 90.0 Å². The Labute approximate surface area is 422 Å². The lowest BCUT2D eigenvalue weighted by atomic mass is 9.80. The fraction of sp³-hybridized carbons (Fsp3) is 0.381. The molecule has 0 atom stereocenters. The van der Waals surface area contributed by atoms with Crippen molar-refractivity contribution in [1.29, 1.82) is 0 Å². The van der Waals surface area contributed by atoms with Gasteiger partial charge in [0.25, 0.3) is 0 Å². The Bertz CT molecular complexity index is 2960. The highest BCUT2D eigenvalue weighted by Gasteiger charge is 2.29. The minimum absolute atomic E-state index is 0.191. The standard InChI is InChI=1S/C63H73N3O5/c1-60(2,3)49-28-41-25-42-29-50(61(4,5)6)30-43(57(42)69-38-53-19-13-16-22-64-53)26-44-31-51(62(7,8)9)32-45(58(44)70-39-54-20-14-17-23-65-54)27-46-33-52(63(10,11)12)35-48(37-68-36-47(34-49)56(41)67)59(46)71-40-55-21-15-18-24-66-55/h13-24,28-35,67H,25-27,36-40H2,1-12H3. The van der Waals surface area contributed by atoms with E-state index in [-0.39, 0.29) is 60.4 Å². The Kier molecular flexibility index (Phi) is 14.8. The van der Waals surface area contributed by atoms with E-state index in [0.29, 0.717) is 19.3 Å². The summed E-state index contributed by atoms with van der Waals surface area (Å²) in [4.78, 5) is 14.0. The van der Waals surface area contributed by atoms with Crippen molar-refractivity contribution in [2.24, 2.45) is 0 Å². The zero-order valence-corrected chi connectivity index (χ0v) is 44.1. The molecule has 71 heavy (non-hydrogen) atoms. The molecule has 8 heteroatoms. The van der Waals surface area contributed by atoms with E-state index in [1.807, 2.05) is 60.8 Å². The summed E-state index contributed by atoms with van der Waals surface area (Å²) in [5.41, 5.74) is 13.8. The number of rotatable bonds is 9. The first kappa shape index (κ1) is 50.9. The van der Waals surface area contributed by atoms with Crippen molar-refractivity contribution in [2.75, 3.05) is 0 Å². The van der Waals surface area contributed by atoms with Crippen molar-refractivity contribution in [1.82, 2.24) is 15.0 Å². The predicted octanol–water partition coefficient (Wildman–Crippen LogP) is 14.3. The maximum Gasteiger partial charge on any atom is 0.130 e. The topological polar surface area (TPSA) is 95.8 Å². The van der Waals surface area contributed by atoms with Gasteiger partial charge in [0, 0.05) is 49.0 Å². The van der Waals surface area contributed by atoms with Crippen LogP contribution >= 0.6 is 0 Å².